The molecule has 0 radical (unpaired) electrons. The lowest BCUT2D eigenvalue weighted by Crippen LogP contribution is -2.37. The van der Waals surface area contributed by atoms with Gasteiger partial charge in [-0.05, 0) is 26.8 Å². The van der Waals surface area contributed by atoms with E-state index in [2.05, 4.69) is 10.6 Å². The van der Waals surface area contributed by atoms with Crippen molar-refractivity contribution in [3.05, 3.63) is 12.2 Å². The van der Waals surface area contributed by atoms with Crippen LogP contribution in [0.1, 0.15) is 20.8 Å². The summed E-state index contributed by atoms with van der Waals surface area (Å²) in [4.78, 5) is 32.2. The Labute approximate surface area is 105 Å². The maximum Gasteiger partial charge on any atom is 0.407 e. The largest absolute Gasteiger partial charge is 0.545 e. The fraction of sp³-hybridized carbons (Fsp3) is 0.545. The summed E-state index contributed by atoms with van der Waals surface area (Å²) in [5, 5.41) is 14.8. The lowest BCUT2D eigenvalue weighted by Gasteiger charge is -2.19. The lowest BCUT2D eigenvalue weighted by molar-refractivity contribution is -0.297. The number of amides is 2. The van der Waals surface area contributed by atoms with Crippen molar-refractivity contribution in [1.29, 1.82) is 0 Å². The Morgan fingerprint density at radius 1 is 1.11 bits per heavy atom. The average Bonchev–Trinajstić information content (AvgIpc) is 2.19. The molecule has 7 nitrogen and oxygen atoms in total. The normalized spacial score (nSPS) is 11.1. The van der Waals surface area contributed by atoms with Gasteiger partial charge in [-0.2, -0.15) is 0 Å². The summed E-state index contributed by atoms with van der Waals surface area (Å²) in [5.41, 5.74) is -0.579. The van der Waals surface area contributed by atoms with Gasteiger partial charge in [0.2, 0.25) is 5.91 Å². The summed E-state index contributed by atoms with van der Waals surface area (Å²) in [5.74, 6) is -2.03. The highest BCUT2D eigenvalue weighted by Crippen LogP contribution is 2.05. The van der Waals surface area contributed by atoms with E-state index in [4.69, 9.17) is 4.74 Å². The van der Waals surface area contributed by atoms with Crippen LogP contribution in [0.5, 0.6) is 0 Å². The molecule has 0 aromatic carbocycles. The standard InChI is InChI=1S/C11H18N2O5/c1-11(2,3)18-10(17)13-7-6-12-8(14)4-5-9(15)16/h4-5H,6-7H2,1-3H3,(H,12,14)(H,13,17)(H,15,16)/p-1/b5-4+. The molecular formula is C11H17N2O5-. The average molecular weight is 257 g/mol. The highest BCUT2D eigenvalue weighted by Gasteiger charge is 2.15. The number of aliphatic carboxylic acids is 1. The summed E-state index contributed by atoms with van der Waals surface area (Å²) in [6, 6.07) is 0. The van der Waals surface area contributed by atoms with Crippen LogP contribution in [0.3, 0.4) is 0 Å². The number of carboxylic acids is 1. The molecule has 0 saturated carbocycles. The maximum absolute atomic E-state index is 11.2. The molecule has 7 heteroatoms. The molecule has 2 amide bonds. The number of carbonyl (C=O) groups excluding carboxylic acids is 3. The second-order valence-corrected chi connectivity index (χ2v) is 4.37. The Morgan fingerprint density at radius 2 is 1.67 bits per heavy atom. The molecule has 0 spiro atoms. The number of carbonyl (C=O) groups is 3. The maximum atomic E-state index is 11.2. The number of alkyl carbamates (subject to hydrolysis) is 1. The lowest BCUT2D eigenvalue weighted by atomic mass is 10.2. The smallest absolute Gasteiger partial charge is 0.407 e. The van der Waals surface area contributed by atoms with Crippen LogP contribution in [-0.4, -0.2) is 36.7 Å². The van der Waals surface area contributed by atoms with Crippen molar-refractivity contribution in [2.45, 2.75) is 26.4 Å². The van der Waals surface area contributed by atoms with Gasteiger partial charge in [-0.15, -0.1) is 0 Å². The van der Waals surface area contributed by atoms with Crippen molar-refractivity contribution >= 4 is 18.0 Å². The molecule has 0 aromatic rings. The third kappa shape index (κ3) is 10.5. The second kappa shape index (κ2) is 7.31. The first-order valence-electron chi connectivity index (χ1n) is 5.34. The van der Waals surface area contributed by atoms with E-state index in [1.54, 1.807) is 20.8 Å². The molecule has 0 saturated heterocycles. The van der Waals surface area contributed by atoms with Crippen LogP contribution < -0.4 is 15.7 Å². The SMILES string of the molecule is CC(C)(C)OC(=O)NCCNC(=O)/C=C/C(=O)[O-]. The predicted octanol–water partition coefficient (Wildman–Crippen LogP) is -1.07. The molecule has 0 aliphatic heterocycles. The minimum absolute atomic E-state index is 0.162. The summed E-state index contributed by atoms with van der Waals surface area (Å²) >= 11 is 0. The molecule has 0 fully saturated rings. The topological polar surface area (TPSA) is 108 Å². The highest BCUT2D eigenvalue weighted by molar-refractivity contribution is 5.93. The number of hydrogen-bond acceptors (Lipinski definition) is 5. The minimum atomic E-state index is -1.45. The number of rotatable bonds is 5. The van der Waals surface area contributed by atoms with E-state index in [1.165, 1.54) is 0 Å². The zero-order valence-corrected chi connectivity index (χ0v) is 10.6. The van der Waals surface area contributed by atoms with Crippen molar-refractivity contribution in [3.63, 3.8) is 0 Å². The Kier molecular flexibility index (Phi) is 6.48. The van der Waals surface area contributed by atoms with Crippen LogP contribution in [0.25, 0.3) is 0 Å². The monoisotopic (exact) mass is 257 g/mol. The molecule has 0 aliphatic carbocycles. The molecule has 0 atom stereocenters. The van der Waals surface area contributed by atoms with Crippen molar-refractivity contribution in [2.24, 2.45) is 0 Å². The van der Waals surface area contributed by atoms with Gasteiger partial charge in [-0.25, -0.2) is 4.79 Å². The Morgan fingerprint density at radius 3 is 2.17 bits per heavy atom. The Balaban J connectivity index is 3.71. The number of hydrogen-bond donors (Lipinski definition) is 2. The predicted molar refractivity (Wildman–Crippen MR) is 61.4 cm³/mol. The van der Waals surface area contributed by atoms with Crippen LogP contribution in [0, 0.1) is 0 Å². The number of carboxylic acid groups (broad SMARTS) is 1. The van der Waals surface area contributed by atoms with Crippen LogP contribution in [-0.2, 0) is 14.3 Å². The first kappa shape index (κ1) is 16.0. The van der Waals surface area contributed by atoms with E-state index in [0.29, 0.717) is 6.08 Å². The molecule has 0 unspecified atom stereocenters. The molecule has 0 rings (SSSR count). The summed E-state index contributed by atoms with van der Waals surface area (Å²) in [7, 11) is 0. The van der Waals surface area contributed by atoms with E-state index in [0.717, 1.165) is 6.08 Å². The van der Waals surface area contributed by atoms with Gasteiger partial charge in [-0.1, -0.05) is 0 Å². The Bertz CT molecular complexity index is 344. The van der Waals surface area contributed by atoms with Gasteiger partial charge < -0.3 is 25.3 Å². The van der Waals surface area contributed by atoms with E-state index in [-0.39, 0.29) is 13.1 Å². The fourth-order valence-electron chi connectivity index (χ4n) is 0.867. The van der Waals surface area contributed by atoms with Crippen LogP contribution in [0.15, 0.2) is 12.2 Å². The van der Waals surface area contributed by atoms with E-state index in [9.17, 15) is 19.5 Å². The molecule has 0 heterocycles. The van der Waals surface area contributed by atoms with Gasteiger partial charge in [0.25, 0.3) is 0 Å². The quantitative estimate of drug-likeness (QED) is 0.482. The first-order chi connectivity index (χ1) is 8.20. The van der Waals surface area contributed by atoms with Crippen molar-refractivity contribution in [2.75, 3.05) is 13.1 Å². The van der Waals surface area contributed by atoms with Crippen LogP contribution >= 0.6 is 0 Å². The zero-order valence-electron chi connectivity index (χ0n) is 10.6. The molecule has 18 heavy (non-hydrogen) atoms. The zero-order chi connectivity index (χ0) is 14.2. The van der Waals surface area contributed by atoms with Gasteiger partial charge in [0.1, 0.15) is 5.60 Å². The summed E-state index contributed by atoms with van der Waals surface area (Å²) < 4.78 is 4.96. The molecule has 102 valence electrons. The Hall–Kier alpha value is -2.05. The van der Waals surface area contributed by atoms with E-state index < -0.39 is 23.6 Å². The van der Waals surface area contributed by atoms with Crippen molar-refractivity contribution in [1.82, 2.24) is 10.6 Å². The first-order valence-corrected chi connectivity index (χ1v) is 5.34. The molecule has 0 bridgehead atoms. The number of nitrogens with one attached hydrogen (secondary N) is 2. The van der Waals surface area contributed by atoms with Gasteiger partial charge in [0.05, 0.1) is 5.97 Å². The number of ether oxygens (including phenoxy) is 1. The van der Waals surface area contributed by atoms with E-state index in [1.807, 2.05) is 0 Å². The van der Waals surface area contributed by atoms with Crippen molar-refractivity contribution in [3.8, 4) is 0 Å². The van der Waals surface area contributed by atoms with Gasteiger partial charge in [0, 0.05) is 19.2 Å². The van der Waals surface area contributed by atoms with Crippen molar-refractivity contribution < 1.29 is 24.2 Å². The third-order valence-electron chi connectivity index (χ3n) is 1.46. The molecule has 2 N–H and O–H groups in total. The molecular weight excluding hydrogens is 240 g/mol. The van der Waals surface area contributed by atoms with Crippen LogP contribution in [0.2, 0.25) is 0 Å². The summed E-state index contributed by atoms with van der Waals surface area (Å²) in [6.45, 7) is 5.55. The minimum Gasteiger partial charge on any atom is -0.545 e. The third-order valence-corrected chi connectivity index (χ3v) is 1.46. The fourth-order valence-corrected chi connectivity index (χ4v) is 0.867. The molecule has 0 aliphatic rings. The molecule has 0 aromatic heterocycles. The van der Waals surface area contributed by atoms with Gasteiger partial charge in [-0.3, -0.25) is 4.79 Å². The van der Waals surface area contributed by atoms with E-state index >= 15 is 0 Å². The van der Waals surface area contributed by atoms with Gasteiger partial charge >= 0.3 is 6.09 Å². The van der Waals surface area contributed by atoms with Crippen LogP contribution in [0.4, 0.5) is 4.79 Å². The second-order valence-electron chi connectivity index (χ2n) is 4.37. The highest BCUT2D eigenvalue weighted by atomic mass is 16.6. The van der Waals surface area contributed by atoms with Gasteiger partial charge in [0.15, 0.2) is 0 Å². The summed E-state index contributed by atoms with van der Waals surface area (Å²) in [6.07, 6.45) is 0.876.